The summed E-state index contributed by atoms with van der Waals surface area (Å²) in [5.74, 6) is -0.483. The monoisotopic (exact) mass is 243 g/mol. The summed E-state index contributed by atoms with van der Waals surface area (Å²) < 4.78 is 0. The van der Waals surface area contributed by atoms with Crippen LogP contribution in [0.5, 0.6) is 0 Å². The van der Waals surface area contributed by atoms with Gasteiger partial charge in [-0.3, -0.25) is 0 Å². The second-order valence-corrected chi connectivity index (χ2v) is 4.60. The Morgan fingerprint density at radius 3 is 2.35 bits per heavy atom. The van der Waals surface area contributed by atoms with Gasteiger partial charge < -0.3 is 9.90 Å². The number of rotatable bonds is 4. The number of hydrogen-bond acceptors (Lipinski definition) is 3. The normalized spacial score (nSPS) is 10.1. The van der Waals surface area contributed by atoms with Crippen molar-refractivity contribution in [3.63, 3.8) is 0 Å². The standard InChI is InChI=1S/C14H12O2S/c15-14(16)13-9-5-4-6-11(13)10-17-12-7-2-1-3-8-12/h1-9H,10H2,(H,15,16)/p-1. The maximum absolute atomic E-state index is 10.9. The van der Waals surface area contributed by atoms with Crippen molar-refractivity contribution >= 4 is 17.7 Å². The molecule has 0 heterocycles. The van der Waals surface area contributed by atoms with Crippen molar-refractivity contribution in [2.24, 2.45) is 0 Å². The molecule has 0 fully saturated rings. The van der Waals surface area contributed by atoms with Gasteiger partial charge in [0.2, 0.25) is 0 Å². The minimum Gasteiger partial charge on any atom is -0.545 e. The van der Waals surface area contributed by atoms with E-state index in [2.05, 4.69) is 0 Å². The summed E-state index contributed by atoms with van der Waals surface area (Å²) in [6.07, 6.45) is 0. The molecule has 2 aromatic rings. The molecule has 0 aliphatic carbocycles. The summed E-state index contributed by atoms with van der Waals surface area (Å²) in [5.41, 5.74) is 1.07. The first-order valence-electron chi connectivity index (χ1n) is 5.24. The van der Waals surface area contributed by atoms with E-state index in [1.807, 2.05) is 42.5 Å². The fourth-order valence-electron chi connectivity index (χ4n) is 1.52. The van der Waals surface area contributed by atoms with E-state index in [0.717, 1.165) is 10.5 Å². The molecule has 0 amide bonds. The largest absolute Gasteiger partial charge is 0.545 e. The Kier molecular flexibility index (Phi) is 3.83. The molecule has 0 N–H and O–H groups in total. The molecule has 0 saturated heterocycles. The first-order chi connectivity index (χ1) is 8.27. The zero-order valence-corrected chi connectivity index (χ0v) is 9.94. The molecule has 0 bridgehead atoms. The lowest BCUT2D eigenvalue weighted by atomic mass is 10.1. The molecule has 0 atom stereocenters. The van der Waals surface area contributed by atoms with E-state index < -0.39 is 5.97 Å². The Labute approximate surface area is 104 Å². The summed E-state index contributed by atoms with van der Waals surface area (Å²) in [6.45, 7) is 0. The lowest BCUT2D eigenvalue weighted by Gasteiger charge is -2.09. The summed E-state index contributed by atoms with van der Waals surface area (Å²) in [7, 11) is 0. The third-order valence-electron chi connectivity index (χ3n) is 2.37. The Hall–Kier alpha value is -1.74. The van der Waals surface area contributed by atoms with Crippen LogP contribution in [-0.4, -0.2) is 5.97 Å². The number of carboxylic acid groups (broad SMARTS) is 1. The van der Waals surface area contributed by atoms with Gasteiger partial charge in [-0.15, -0.1) is 11.8 Å². The first kappa shape index (κ1) is 11.7. The molecule has 0 spiro atoms. The van der Waals surface area contributed by atoms with Gasteiger partial charge in [0, 0.05) is 16.2 Å². The van der Waals surface area contributed by atoms with Crippen LogP contribution in [0.1, 0.15) is 15.9 Å². The van der Waals surface area contributed by atoms with Crippen LogP contribution >= 0.6 is 11.8 Å². The van der Waals surface area contributed by atoms with Crippen LogP contribution in [0.2, 0.25) is 0 Å². The Bertz CT molecular complexity index is 509. The van der Waals surface area contributed by atoms with Crippen LogP contribution < -0.4 is 5.11 Å². The number of benzene rings is 2. The number of hydrogen-bond donors (Lipinski definition) is 0. The second kappa shape index (κ2) is 5.55. The van der Waals surface area contributed by atoms with Crippen molar-refractivity contribution in [2.75, 3.05) is 0 Å². The van der Waals surface area contributed by atoms with Crippen LogP contribution in [-0.2, 0) is 5.75 Å². The zero-order chi connectivity index (χ0) is 12.1. The molecule has 0 aromatic heterocycles. The van der Waals surface area contributed by atoms with E-state index >= 15 is 0 Å². The van der Waals surface area contributed by atoms with E-state index in [1.54, 1.807) is 23.9 Å². The van der Waals surface area contributed by atoms with Crippen molar-refractivity contribution in [3.05, 3.63) is 65.7 Å². The van der Waals surface area contributed by atoms with Gasteiger partial charge in [-0.05, 0) is 17.7 Å². The third kappa shape index (κ3) is 3.11. The fourth-order valence-corrected chi connectivity index (χ4v) is 2.45. The van der Waals surface area contributed by atoms with Crippen LogP contribution in [0.25, 0.3) is 0 Å². The Morgan fingerprint density at radius 2 is 1.65 bits per heavy atom. The minimum absolute atomic E-state index is 0.274. The first-order valence-corrected chi connectivity index (χ1v) is 6.23. The molecule has 0 radical (unpaired) electrons. The number of aromatic carboxylic acids is 1. The van der Waals surface area contributed by atoms with Gasteiger partial charge in [-0.1, -0.05) is 42.5 Å². The van der Waals surface area contributed by atoms with Crippen LogP contribution in [0.3, 0.4) is 0 Å². The van der Waals surface area contributed by atoms with Gasteiger partial charge >= 0.3 is 0 Å². The molecule has 3 heteroatoms. The lowest BCUT2D eigenvalue weighted by molar-refractivity contribution is -0.255. The average Bonchev–Trinajstić information content (AvgIpc) is 2.38. The molecular formula is C14H11O2S-. The smallest absolute Gasteiger partial charge is 0.0718 e. The second-order valence-electron chi connectivity index (χ2n) is 3.55. The van der Waals surface area contributed by atoms with E-state index in [0.29, 0.717) is 5.75 Å². The number of thioether (sulfide) groups is 1. The molecular weight excluding hydrogens is 232 g/mol. The Balaban J connectivity index is 2.12. The van der Waals surface area contributed by atoms with E-state index in [1.165, 1.54) is 0 Å². The SMILES string of the molecule is O=C([O-])c1ccccc1CSc1ccccc1. The maximum atomic E-state index is 10.9. The fraction of sp³-hybridized carbons (Fsp3) is 0.0714. The quantitative estimate of drug-likeness (QED) is 0.774. The molecule has 0 unspecified atom stereocenters. The molecule has 0 aliphatic heterocycles. The van der Waals surface area contributed by atoms with Gasteiger partial charge in [0.05, 0.1) is 5.97 Å². The molecule has 2 nitrogen and oxygen atoms in total. The summed E-state index contributed by atoms with van der Waals surface area (Å²) >= 11 is 1.61. The van der Waals surface area contributed by atoms with Crippen molar-refractivity contribution in [3.8, 4) is 0 Å². The van der Waals surface area contributed by atoms with Crippen molar-refractivity contribution in [2.45, 2.75) is 10.6 Å². The van der Waals surface area contributed by atoms with Gasteiger partial charge in [-0.25, -0.2) is 0 Å². The van der Waals surface area contributed by atoms with Gasteiger partial charge in [0.25, 0.3) is 0 Å². The molecule has 86 valence electrons. The molecule has 17 heavy (non-hydrogen) atoms. The van der Waals surface area contributed by atoms with Crippen LogP contribution in [0, 0.1) is 0 Å². The predicted octanol–water partition coefficient (Wildman–Crippen LogP) is 2.34. The lowest BCUT2D eigenvalue weighted by Crippen LogP contribution is -2.23. The topological polar surface area (TPSA) is 40.1 Å². The number of carbonyl (C=O) groups is 1. The van der Waals surface area contributed by atoms with Crippen molar-refractivity contribution in [1.29, 1.82) is 0 Å². The maximum Gasteiger partial charge on any atom is 0.0718 e. The highest BCUT2D eigenvalue weighted by atomic mass is 32.2. The van der Waals surface area contributed by atoms with Gasteiger partial charge in [0.15, 0.2) is 0 Å². The highest BCUT2D eigenvalue weighted by Crippen LogP contribution is 2.23. The summed E-state index contributed by atoms with van der Waals surface area (Å²) in [5, 5.41) is 10.9. The van der Waals surface area contributed by atoms with Crippen molar-refractivity contribution in [1.82, 2.24) is 0 Å². The van der Waals surface area contributed by atoms with Crippen molar-refractivity contribution < 1.29 is 9.90 Å². The number of carbonyl (C=O) groups excluding carboxylic acids is 1. The van der Waals surface area contributed by atoms with E-state index in [4.69, 9.17) is 0 Å². The van der Waals surface area contributed by atoms with Gasteiger partial charge in [0.1, 0.15) is 0 Å². The summed E-state index contributed by atoms with van der Waals surface area (Å²) in [6, 6.07) is 16.9. The average molecular weight is 243 g/mol. The van der Waals surface area contributed by atoms with E-state index in [9.17, 15) is 9.90 Å². The highest BCUT2D eigenvalue weighted by Gasteiger charge is 2.03. The summed E-state index contributed by atoms with van der Waals surface area (Å²) in [4.78, 5) is 12.0. The predicted molar refractivity (Wildman–Crippen MR) is 66.8 cm³/mol. The van der Waals surface area contributed by atoms with Gasteiger partial charge in [-0.2, -0.15) is 0 Å². The number of carboxylic acids is 1. The molecule has 0 saturated carbocycles. The van der Waals surface area contributed by atoms with E-state index in [-0.39, 0.29) is 5.56 Å². The molecule has 2 rings (SSSR count). The minimum atomic E-state index is -1.12. The van der Waals surface area contributed by atoms with Crippen LogP contribution in [0.15, 0.2) is 59.5 Å². The highest BCUT2D eigenvalue weighted by molar-refractivity contribution is 7.98. The Morgan fingerprint density at radius 1 is 1.00 bits per heavy atom. The zero-order valence-electron chi connectivity index (χ0n) is 9.13. The molecule has 2 aromatic carbocycles. The van der Waals surface area contributed by atoms with Crippen LogP contribution in [0.4, 0.5) is 0 Å². The third-order valence-corrected chi connectivity index (χ3v) is 3.44. The molecule has 0 aliphatic rings.